The van der Waals surface area contributed by atoms with E-state index in [1.807, 2.05) is 30.4 Å². The van der Waals surface area contributed by atoms with E-state index in [0.29, 0.717) is 5.92 Å². The van der Waals surface area contributed by atoms with Crippen LogP contribution in [0.4, 0.5) is 0 Å². The Morgan fingerprint density at radius 2 is 2.18 bits per heavy atom. The number of aliphatic imine (C=N–C) groups is 1. The smallest absolute Gasteiger partial charge is 0.190 e. The topological polar surface area (TPSA) is 58.5 Å². The molecule has 2 heterocycles. The maximum absolute atomic E-state index is 6.12. The highest BCUT2D eigenvalue weighted by Gasteiger charge is 2.27. The van der Waals surface area contributed by atoms with Crippen LogP contribution in [0.3, 0.4) is 0 Å². The molecule has 1 aromatic carbocycles. The fourth-order valence-corrected chi connectivity index (χ4v) is 4.99. The van der Waals surface area contributed by atoms with E-state index in [4.69, 9.17) is 4.74 Å². The van der Waals surface area contributed by atoms with Crippen molar-refractivity contribution in [2.45, 2.75) is 36.6 Å². The quantitative estimate of drug-likeness (QED) is 0.290. The average molecular weight is 419 g/mol. The Kier molecular flexibility index (Phi) is 8.64. The van der Waals surface area contributed by atoms with Gasteiger partial charge in [-0.05, 0) is 31.7 Å². The Morgan fingerprint density at radius 3 is 2.93 bits per heavy atom. The van der Waals surface area contributed by atoms with E-state index in [-0.39, 0.29) is 6.10 Å². The van der Waals surface area contributed by atoms with E-state index in [0.717, 1.165) is 48.6 Å². The van der Waals surface area contributed by atoms with Gasteiger partial charge in [-0.1, -0.05) is 41.6 Å². The lowest BCUT2D eigenvalue weighted by molar-refractivity contribution is -0.0265. The van der Waals surface area contributed by atoms with Gasteiger partial charge in [0.25, 0.3) is 0 Å². The van der Waals surface area contributed by atoms with Crippen LogP contribution in [0.15, 0.2) is 45.2 Å². The third-order valence-electron chi connectivity index (χ3n) is 4.85. The summed E-state index contributed by atoms with van der Waals surface area (Å²) in [6.45, 7) is 4.74. The molecule has 3 rings (SSSR count). The summed E-state index contributed by atoms with van der Waals surface area (Å²) in [6.07, 6.45) is 5.38. The monoisotopic (exact) mass is 418 g/mol. The van der Waals surface area contributed by atoms with Crippen molar-refractivity contribution < 1.29 is 4.74 Å². The lowest BCUT2D eigenvalue weighted by Gasteiger charge is -2.32. The molecule has 2 aromatic rings. The van der Waals surface area contributed by atoms with Gasteiger partial charge >= 0.3 is 0 Å². The van der Waals surface area contributed by atoms with Crippen molar-refractivity contribution >= 4 is 29.1 Å². The molecule has 2 N–H and O–H groups in total. The van der Waals surface area contributed by atoms with Crippen LogP contribution >= 0.6 is 23.1 Å². The molecular weight excluding hydrogens is 388 g/mol. The molecule has 2 atom stereocenters. The van der Waals surface area contributed by atoms with Crippen molar-refractivity contribution in [3.05, 3.63) is 47.0 Å². The van der Waals surface area contributed by atoms with Crippen LogP contribution < -0.4 is 10.6 Å². The summed E-state index contributed by atoms with van der Waals surface area (Å²) >= 11 is 3.51. The van der Waals surface area contributed by atoms with Gasteiger partial charge in [0.2, 0.25) is 0 Å². The molecule has 1 aliphatic rings. The number of hydrogen-bond acceptors (Lipinski definition) is 5. The van der Waals surface area contributed by atoms with Crippen LogP contribution in [0, 0.1) is 12.8 Å². The molecule has 1 saturated heterocycles. The van der Waals surface area contributed by atoms with Crippen LogP contribution in [0.5, 0.6) is 0 Å². The number of aryl methyl sites for hydroxylation is 1. The number of thioether (sulfide) groups is 1. The van der Waals surface area contributed by atoms with Crippen LogP contribution in [-0.4, -0.2) is 43.4 Å². The van der Waals surface area contributed by atoms with E-state index in [9.17, 15) is 0 Å². The number of aromatic nitrogens is 1. The van der Waals surface area contributed by atoms with Crippen molar-refractivity contribution in [2.75, 3.05) is 32.5 Å². The lowest BCUT2D eigenvalue weighted by atomic mass is 9.89. The number of guanidine groups is 1. The molecule has 0 saturated carbocycles. The third kappa shape index (κ3) is 6.50. The highest BCUT2D eigenvalue weighted by atomic mass is 32.2. The molecule has 7 heteroatoms. The number of nitrogens with one attached hydrogen (secondary N) is 2. The standard InChI is InChI=1S/C21H30N4OS2/c1-16-6-8-17(9-7-16)19-18(5-3-12-26-19)15-25-20(22-2)23-10-4-13-27-21-24-11-14-28-21/h6-9,11,14,18-19H,3-5,10,12-13,15H2,1-2H3,(H2,22,23,25). The first kappa shape index (κ1) is 21.1. The molecule has 28 heavy (non-hydrogen) atoms. The van der Waals surface area contributed by atoms with E-state index >= 15 is 0 Å². The van der Waals surface area contributed by atoms with Crippen molar-refractivity contribution in [2.24, 2.45) is 10.9 Å². The molecule has 1 fully saturated rings. The molecule has 1 aromatic heterocycles. The van der Waals surface area contributed by atoms with Crippen LogP contribution in [0.1, 0.15) is 36.5 Å². The first-order valence-corrected chi connectivity index (χ1v) is 11.8. The number of thiazole rings is 1. The molecular formula is C21H30N4OS2. The molecule has 0 spiro atoms. The highest BCUT2D eigenvalue weighted by molar-refractivity contribution is 8.00. The summed E-state index contributed by atoms with van der Waals surface area (Å²) in [5.74, 6) is 2.38. The van der Waals surface area contributed by atoms with E-state index in [1.54, 1.807) is 11.3 Å². The van der Waals surface area contributed by atoms with Gasteiger partial charge in [-0.15, -0.1) is 11.3 Å². The molecule has 152 valence electrons. The maximum Gasteiger partial charge on any atom is 0.190 e. The predicted molar refractivity (Wildman–Crippen MR) is 119 cm³/mol. The Hall–Kier alpha value is -1.57. The number of nitrogens with zero attached hydrogens (tertiary/aromatic N) is 2. The van der Waals surface area contributed by atoms with Gasteiger partial charge in [0.1, 0.15) is 4.34 Å². The predicted octanol–water partition coefficient (Wildman–Crippen LogP) is 4.27. The van der Waals surface area contributed by atoms with E-state index in [2.05, 4.69) is 51.8 Å². The number of hydrogen-bond donors (Lipinski definition) is 2. The van der Waals surface area contributed by atoms with Crippen LogP contribution in [0.25, 0.3) is 0 Å². The van der Waals surface area contributed by atoms with E-state index < -0.39 is 0 Å². The van der Waals surface area contributed by atoms with Crippen LogP contribution in [-0.2, 0) is 4.74 Å². The molecule has 2 unspecified atom stereocenters. The Labute approximate surface area is 176 Å². The second kappa shape index (κ2) is 11.4. The summed E-state index contributed by atoms with van der Waals surface area (Å²) in [5.41, 5.74) is 2.56. The molecule has 0 radical (unpaired) electrons. The first-order valence-electron chi connectivity index (χ1n) is 9.91. The molecule has 5 nitrogen and oxygen atoms in total. The largest absolute Gasteiger partial charge is 0.373 e. The van der Waals surface area contributed by atoms with Crippen molar-refractivity contribution in [1.29, 1.82) is 0 Å². The highest BCUT2D eigenvalue weighted by Crippen LogP contribution is 2.33. The fraction of sp³-hybridized carbons (Fsp3) is 0.524. The third-order valence-corrected chi connectivity index (χ3v) is 6.91. The average Bonchev–Trinajstić information content (AvgIpc) is 3.24. The summed E-state index contributed by atoms with van der Waals surface area (Å²) in [5, 5.41) is 8.93. The molecule has 0 aliphatic carbocycles. The number of benzene rings is 1. The van der Waals surface area contributed by atoms with Crippen molar-refractivity contribution in [3.8, 4) is 0 Å². The SMILES string of the molecule is CN=C(NCCCSc1nccs1)NCC1CCCOC1c1ccc(C)cc1. The number of rotatable bonds is 8. The Balaban J connectivity index is 1.41. The fourth-order valence-electron chi connectivity index (χ4n) is 3.35. The normalized spacial score (nSPS) is 20.1. The van der Waals surface area contributed by atoms with Gasteiger partial charge in [0.05, 0.1) is 6.10 Å². The minimum atomic E-state index is 0.162. The molecule has 0 amide bonds. The first-order chi connectivity index (χ1) is 13.8. The Morgan fingerprint density at radius 1 is 1.32 bits per heavy atom. The van der Waals surface area contributed by atoms with Gasteiger partial charge in [0, 0.05) is 50.0 Å². The van der Waals surface area contributed by atoms with Gasteiger partial charge in [0.15, 0.2) is 5.96 Å². The number of ether oxygens (including phenoxy) is 1. The minimum Gasteiger partial charge on any atom is -0.373 e. The van der Waals surface area contributed by atoms with Gasteiger partial charge in [-0.3, -0.25) is 4.99 Å². The van der Waals surface area contributed by atoms with Gasteiger partial charge in [-0.25, -0.2) is 4.98 Å². The van der Waals surface area contributed by atoms with Gasteiger partial charge in [-0.2, -0.15) is 0 Å². The summed E-state index contributed by atoms with van der Waals surface area (Å²) in [6, 6.07) is 8.74. The second-order valence-electron chi connectivity index (χ2n) is 6.98. The zero-order chi connectivity index (χ0) is 19.6. The summed E-state index contributed by atoms with van der Waals surface area (Å²) in [7, 11) is 1.83. The minimum absolute atomic E-state index is 0.162. The molecule has 0 bridgehead atoms. The van der Waals surface area contributed by atoms with Crippen LogP contribution in [0.2, 0.25) is 0 Å². The van der Waals surface area contributed by atoms with Crippen molar-refractivity contribution in [1.82, 2.24) is 15.6 Å². The summed E-state index contributed by atoms with van der Waals surface area (Å²) in [4.78, 5) is 8.66. The van der Waals surface area contributed by atoms with Crippen molar-refractivity contribution in [3.63, 3.8) is 0 Å². The summed E-state index contributed by atoms with van der Waals surface area (Å²) < 4.78 is 7.26. The van der Waals surface area contributed by atoms with Gasteiger partial charge < -0.3 is 15.4 Å². The lowest BCUT2D eigenvalue weighted by Crippen LogP contribution is -2.42. The maximum atomic E-state index is 6.12. The zero-order valence-corrected chi connectivity index (χ0v) is 18.3. The van der Waals surface area contributed by atoms with E-state index in [1.165, 1.54) is 17.5 Å². The second-order valence-corrected chi connectivity index (χ2v) is 9.22. The zero-order valence-electron chi connectivity index (χ0n) is 16.7. The molecule has 1 aliphatic heterocycles. The Bertz CT molecular complexity index is 719.